The zero-order valence-corrected chi connectivity index (χ0v) is 18.1. The van der Waals surface area contributed by atoms with Gasteiger partial charge in [0.05, 0.1) is 6.42 Å². The molecular formula is C26H23N3O4. The van der Waals surface area contributed by atoms with Gasteiger partial charge in [-0.15, -0.1) is 0 Å². The summed E-state index contributed by atoms with van der Waals surface area (Å²) in [7, 11) is 0. The van der Waals surface area contributed by atoms with Gasteiger partial charge >= 0.3 is 5.97 Å². The second kappa shape index (κ2) is 10.4. The van der Waals surface area contributed by atoms with Crippen LogP contribution in [0.25, 0.3) is 22.5 Å². The molecule has 1 aromatic heterocycles. The number of rotatable bonds is 8. The molecule has 1 amide bonds. The molecule has 4 rings (SSSR count). The van der Waals surface area contributed by atoms with E-state index in [1.54, 1.807) is 6.92 Å². The van der Waals surface area contributed by atoms with E-state index in [0.717, 1.165) is 16.7 Å². The molecule has 0 radical (unpaired) electrons. The van der Waals surface area contributed by atoms with Crippen LogP contribution in [0.1, 0.15) is 19.2 Å². The van der Waals surface area contributed by atoms with Gasteiger partial charge in [-0.1, -0.05) is 84.0 Å². The minimum absolute atomic E-state index is 0.0225. The molecular weight excluding hydrogens is 418 g/mol. The number of carbonyl (C=O) groups excluding carboxylic acids is 2. The van der Waals surface area contributed by atoms with Crippen molar-refractivity contribution in [1.29, 1.82) is 0 Å². The fraction of sp³-hybridized carbons (Fsp3) is 0.154. The van der Waals surface area contributed by atoms with Crippen LogP contribution >= 0.6 is 0 Å². The number of nitrogens with zero attached hydrogens (tertiary/aromatic N) is 2. The van der Waals surface area contributed by atoms with Crippen LogP contribution in [-0.4, -0.2) is 28.1 Å². The lowest BCUT2D eigenvalue weighted by Crippen LogP contribution is -2.30. The van der Waals surface area contributed by atoms with E-state index in [4.69, 9.17) is 9.26 Å². The molecule has 0 saturated heterocycles. The Morgan fingerprint density at radius 2 is 1.55 bits per heavy atom. The van der Waals surface area contributed by atoms with Crippen LogP contribution in [0.4, 0.5) is 5.69 Å². The number of aromatic nitrogens is 2. The van der Waals surface area contributed by atoms with Crippen LogP contribution in [0.3, 0.4) is 0 Å². The molecule has 7 heteroatoms. The monoisotopic (exact) mass is 441 g/mol. The molecule has 0 spiro atoms. The summed E-state index contributed by atoms with van der Waals surface area (Å²) in [6, 6.07) is 26.6. The van der Waals surface area contributed by atoms with Crippen molar-refractivity contribution < 1.29 is 18.8 Å². The lowest BCUT2D eigenvalue weighted by atomic mass is 10.0. The quantitative estimate of drug-likeness (QED) is 0.391. The highest BCUT2D eigenvalue weighted by atomic mass is 16.5. The highest BCUT2D eigenvalue weighted by Crippen LogP contribution is 2.27. The smallest absolute Gasteiger partial charge is 0.307 e. The Hall–Kier alpha value is -4.26. The van der Waals surface area contributed by atoms with Crippen molar-refractivity contribution in [3.05, 3.63) is 90.8 Å². The van der Waals surface area contributed by atoms with Gasteiger partial charge in [-0.25, -0.2) is 0 Å². The van der Waals surface area contributed by atoms with Gasteiger partial charge in [0.15, 0.2) is 6.10 Å². The van der Waals surface area contributed by atoms with Gasteiger partial charge in [0.2, 0.25) is 11.7 Å². The van der Waals surface area contributed by atoms with Crippen molar-refractivity contribution in [2.75, 3.05) is 5.32 Å². The fourth-order valence-electron chi connectivity index (χ4n) is 3.28. The maximum Gasteiger partial charge on any atom is 0.307 e. The lowest BCUT2D eigenvalue weighted by Gasteiger charge is -2.15. The summed E-state index contributed by atoms with van der Waals surface area (Å²) >= 11 is 0. The normalized spacial score (nSPS) is 11.5. The summed E-state index contributed by atoms with van der Waals surface area (Å²) in [4.78, 5) is 29.2. The highest BCUT2D eigenvalue weighted by Gasteiger charge is 2.20. The number of benzene rings is 3. The third kappa shape index (κ3) is 5.71. The predicted molar refractivity (Wildman–Crippen MR) is 124 cm³/mol. The molecule has 4 aromatic rings. The first-order chi connectivity index (χ1) is 16.1. The van der Waals surface area contributed by atoms with Gasteiger partial charge in [-0.2, -0.15) is 4.98 Å². The van der Waals surface area contributed by atoms with Gasteiger partial charge < -0.3 is 14.6 Å². The van der Waals surface area contributed by atoms with Crippen LogP contribution in [0.2, 0.25) is 0 Å². The first kappa shape index (κ1) is 22.0. The van der Waals surface area contributed by atoms with Crippen LogP contribution in [-0.2, 0) is 20.7 Å². The fourth-order valence-corrected chi connectivity index (χ4v) is 3.28. The van der Waals surface area contributed by atoms with E-state index in [-0.39, 0.29) is 12.8 Å². The number of para-hydroxylation sites is 1. The maximum absolute atomic E-state index is 12.6. The molecule has 1 atom stereocenters. The standard InChI is InChI=1S/C26H23N3O4/c1-18(26(31)27-22-15-9-8-14-21(22)19-10-4-2-5-11-19)32-24(30)17-16-23-28-25(29-33-23)20-12-6-3-7-13-20/h2-15,18H,16-17H2,1H3,(H,27,31). The summed E-state index contributed by atoms with van der Waals surface area (Å²) < 4.78 is 10.5. The largest absolute Gasteiger partial charge is 0.453 e. The Morgan fingerprint density at radius 3 is 2.27 bits per heavy atom. The molecule has 0 aliphatic carbocycles. The molecule has 0 saturated carbocycles. The van der Waals surface area contributed by atoms with E-state index in [1.165, 1.54) is 0 Å². The molecule has 0 aliphatic heterocycles. The zero-order valence-electron chi connectivity index (χ0n) is 18.1. The zero-order chi connectivity index (χ0) is 23.0. The molecule has 33 heavy (non-hydrogen) atoms. The second-order valence-electron chi connectivity index (χ2n) is 7.41. The number of ether oxygens (including phenoxy) is 1. The van der Waals surface area contributed by atoms with Gasteiger partial charge in [0.25, 0.3) is 5.91 Å². The van der Waals surface area contributed by atoms with Gasteiger partial charge in [0.1, 0.15) is 0 Å². The molecule has 1 N–H and O–H groups in total. The highest BCUT2D eigenvalue weighted by molar-refractivity contribution is 5.98. The molecule has 0 bridgehead atoms. The SMILES string of the molecule is CC(OC(=O)CCc1nc(-c2ccccc2)no1)C(=O)Nc1ccccc1-c1ccccc1. The van der Waals surface area contributed by atoms with E-state index in [9.17, 15) is 9.59 Å². The minimum Gasteiger partial charge on any atom is -0.453 e. The topological polar surface area (TPSA) is 94.3 Å². The molecule has 1 heterocycles. The third-order valence-electron chi connectivity index (χ3n) is 4.99. The number of aryl methyl sites for hydroxylation is 1. The predicted octanol–water partition coefficient (Wildman–Crippen LogP) is 4.91. The number of hydrogen-bond acceptors (Lipinski definition) is 6. The van der Waals surface area contributed by atoms with Crippen molar-refractivity contribution in [2.24, 2.45) is 0 Å². The van der Waals surface area contributed by atoms with E-state index in [0.29, 0.717) is 17.4 Å². The van der Waals surface area contributed by atoms with E-state index in [2.05, 4.69) is 15.5 Å². The number of nitrogens with one attached hydrogen (secondary N) is 1. The Kier molecular flexibility index (Phi) is 6.90. The molecule has 0 aliphatic rings. The Labute approximate surface area is 191 Å². The average Bonchev–Trinajstić information content (AvgIpc) is 3.33. The average molecular weight is 441 g/mol. The summed E-state index contributed by atoms with van der Waals surface area (Å²) in [5.74, 6) is -0.132. The molecule has 0 fully saturated rings. The Balaban J connectivity index is 1.31. The van der Waals surface area contributed by atoms with Crippen LogP contribution in [0, 0.1) is 0 Å². The van der Waals surface area contributed by atoms with Gasteiger partial charge in [-0.3, -0.25) is 9.59 Å². The van der Waals surface area contributed by atoms with Crippen molar-refractivity contribution in [2.45, 2.75) is 25.9 Å². The Morgan fingerprint density at radius 1 is 0.909 bits per heavy atom. The number of amides is 1. The summed E-state index contributed by atoms with van der Waals surface area (Å²) in [6.07, 6.45) is -0.706. The number of esters is 1. The first-order valence-corrected chi connectivity index (χ1v) is 10.6. The van der Waals surface area contributed by atoms with Crippen molar-refractivity contribution in [3.63, 3.8) is 0 Å². The van der Waals surface area contributed by atoms with Gasteiger partial charge in [0, 0.05) is 23.2 Å². The van der Waals surface area contributed by atoms with Crippen LogP contribution in [0.5, 0.6) is 0 Å². The number of anilines is 1. The summed E-state index contributed by atoms with van der Waals surface area (Å²) in [5, 5.41) is 6.78. The van der Waals surface area contributed by atoms with Gasteiger partial charge in [-0.05, 0) is 18.6 Å². The van der Waals surface area contributed by atoms with Crippen molar-refractivity contribution >= 4 is 17.6 Å². The number of hydrogen-bond donors (Lipinski definition) is 1. The lowest BCUT2D eigenvalue weighted by molar-refractivity contribution is -0.153. The summed E-state index contributed by atoms with van der Waals surface area (Å²) in [6.45, 7) is 1.54. The maximum atomic E-state index is 12.6. The second-order valence-corrected chi connectivity index (χ2v) is 7.41. The van der Waals surface area contributed by atoms with Crippen LogP contribution in [0.15, 0.2) is 89.5 Å². The van der Waals surface area contributed by atoms with Crippen molar-refractivity contribution in [3.8, 4) is 22.5 Å². The molecule has 1 unspecified atom stereocenters. The van der Waals surface area contributed by atoms with Crippen LogP contribution < -0.4 is 5.32 Å². The third-order valence-corrected chi connectivity index (χ3v) is 4.99. The van der Waals surface area contributed by atoms with E-state index in [1.807, 2.05) is 84.9 Å². The van der Waals surface area contributed by atoms with E-state index >= 15 is 0 Å². The molecule has 7 nitrogen and oxygen atoms in total. The Bertz CT molecular complexity index is 1220. The number of carbonyl (C=O) groups is 2. The molecule has 3 aromatic carbocycles. The summed E-state index contributed by atoms with van der Waals surface area (Å²) in [5.41, 5.74) is 3.34. The van der Waals surface area contributed by atoms with Crippen molar-refractivity contribution in [1.82, 2.24) is 10.1 Å². The van der Waals surface area contributed by atoms with E-state index < -0.39 is 18.0 Å². The molecule has 166 valence electrons. The minimum atomic E-state index is -0.955. The first-order valence-electron chi connectivity index (χ1n) is 10.6.